The summed E-state index contributed by atoms with van der Waals surface area (Å²) in [6.45, 7) is 2.87. The molecule has 11 heteroatoms. The number of nitrogens with two attached hydrogens (primary N) is 1. The highest BCUT2D eigenvalue weighted by Gasteiger charge is 2.62. The highest BCUT2D eigenvalue weighted by atomic mass is 16.5. The molecule has 3 rings (SSSR count). The van der Waals surface area contributed by atoms with Gasteiger partial charge < -0.3 is 30.9 Å². The molecule has 180 valence electrons. The minimum absolute atomic E-state index is 0.0138. The number of alkyl carbamates (subject to hydrolysis) is 1. The van der Waals surface area contributed by atoms with Crippen LogP contribution in [0.3, 0.4) is 0 Å². The molecule has 2 fully saturated rings. The zero-order chi connectivity index (χ0) is 24.3. The molecule has 4 amide bonds. The quantitative estimate of drug-likeness (QED) is 0.379. The van der Waals surface area contributed by atoms with Gasteiger partial charge in [0, 0.05) is 6.54 Å². The maximum Gasteiger partial charge on any atom is 0.408 e. The number of likely N-dealkylation sites (tertiary alicyclic amines) is 2. The van der Waals surface area contributed by atoms with Crippen molar-refractivity contribution >= 4 is 23.8 Å². The van der Waals surface area contributed by atoms with Crippen molar-refractivity contribution in [3.63, 3.8) is 0 Å². The Balaban J connectivity index is 1.66. The van der Waals surface area contributed by atoms with E-state index in [1.54, 1.807) is 24.3 Å². The number of hydrogen-bond donors (Lipinski definition) is 4. The van der Waals surface area contributed by atoms with Gasteiger partial charge >= 0.3 is 6.09 Å². The van der Waals surface area contributed by atoms with Gasteiger partial charge in [-0.25, -0.2) is 4.79 Å². The summed E-state index contributed by atoms with van der Waals surface area (Å²) in [5.41, 5.74) is 5.19. The van der Waals surface area contributed by atoms with Crippen LogP contribution >= 0.6 is 0 Å². The molecule has 0 aromatic heterocycles. The molecule has 1 aromatic rings. The Morgan fingerprint density at radius 3 is 2.39 bits per heavy atom. The first-order valence-electron chi connectivity index (χ1n) is 10.8. The van der Waals surface area contributed by atoms with E-state index in [1.807, 2.05) is 6.07 Å². The van der Waals surface area contributed by atoms with Crippen molar-refractivity contribution in [2.24, 2.45) is 5.73 Å². The Hall–Kier alpha value is -3.02. The Bertz CT molecular complexity index is 907. The monoisotopic (exact) mass is 462 g/mol. The first-order chi connectivity index (χ1) is 15.6. The lowest BCUT2D eigenvalue weighted by Gasteiger charge is -2.51. The van der Waals surface area contributed by atoms with Gasteiger partial charge in [-0.05, 0) is 32.3 Å². The summed E-state index contributed by atoms with van der Waals surface area (Å²) in [6.07, 6.45) is -2.40. The molecule has 0 aliphatic carbocycles. The maximum atomic E-state index is 13.2. The van der Waals surface area contributed by atoms with Crippen molar-refractivity contribution in [3.05, 3.63) is 35.9 Å². The van der Waals surface area contributed by atoms with Crippen LogP contribution in [0, 0.1) is 0 Å². The summed E-state index contributed by atoms with van der Waals surface area (Å²) in [4.78, 5) is 53.1. The molecule has 0 radical (unpaired) electrons. The van der Waals surface area contributed by atoms with Crippen molar-refractivity contribution < 1.29 is 34.1 Å². The molecular weight excluding hydrogens is 432 g/mol. The third-order valence-corrected chi connectivity index (χ3v) is 6.12. The van der Waals surface area contributed by atoms with Crippen LogP contribution in [-0.2, 0) is 25.7 Å². The summed E-state index contributed by atoms with van der Waals surface area (Å²) >= 11 is 0. The van der Waals surface area contributed by atoms with E-state index >= 15 is 0 Å². The zero-order valence-corrected chi connectivity index (χ0v) is 18.6. The molecule has 2 aliphatic rings. The second-order valence-corrected chi connectivity index (χ2v) is 8.55. The second kappa shape index (κ2) is 9.86. The van der Waals surface area contributed by atoms with Crippen LogP contribution in [-0.4, -0.2) is 86.7 Å². The highest BCUT2D eigenvalue weighted by Crippen LogP contribution is 2.39. The predicted octanol–water partition coefficient (Wildman–Crippen LogP) is -0.900. The van der Waals surface area contributed by atoms with E-state index in [4.69, 9.17) is 10.5 Å². The summed E-state index contributed by atoms with van der Waals surface area (Å²) in [7, 11) is 0. The fourth-order valence-corrected chi connectivity index (χ4v) is 4.16. The van der Waals surface area contributed by atoms with Gasteiger partial charge in [-0.2, -0.15) is 0 Å². The number of hydrogen-bond acceptors (Lipinski definition) is 8. The lowest BCUT2D eigenvalue weighted by atomic mass is 9.84. The average Bonchev–Trinajstić information content (AvgIpc) is 3.25. The molecule has 0 saturated carbocycles. The van der Waals surface area contributed by atoms with E-state index in [1.165, 1.54) is 18.7 Å². The summed E-state index contributed by atoms with van der Waals surface area (Å²) < 4.78 is 5.14. The van der Waals surface area contributed by atoms with E-state index in [0.717, 1.165) is 10.5 Å². The molecule has 2 aliphatic heterocycles. The summed E-state index contributed by atoms with van der Waals surface area (Å²) in [5, 5.41) is 22.1. The van der Waals surface area contributed by atoms with Crippen molar-refractivity contribution in [3.8, 4) is 0 Å². The van der Waals surface area contributed by atoms with Gasteiger partial charge in [-0.1, -0.05) is 30.3 Å². The standard InChI is InChI=1S/C22H30N4O7/c1-13(27)16(23)18(29)25-12-22(20(25)31)9-6-10-26(22)19(30)17(14(2)28)24-21(32)33-11-15-7-4-3-5-8-15/h3-5,7-8,13-14,16-17,27-28H,6,9-12,23H2,1-2H3,(H,24,32). The predicted molar refractivity (Wildman–Crippen MR) is 115 cm³/mol. The van der Waals surface area contributed by atoms with Crippen molar-refractivity contribution in [1.82, 2.24) is 15.1 Å². The molecule has 0 bridgehead atoms. The zero-order valence-electron chi connectivity index (χ0n) is 18.6. The highest BCUT2D eigenvalue weighted by molar-refractivity contribution is 6.09. The Labute approximate surface area is 191 Å². The van der Waals surface area contributed by atoms with E-state index in [0.29, 0.717) is 12.8 Å². The van der Waals surface area contributed by atoms with Gasteiger partial charge in [0.1, 0.15) is 24.2 Å². The van der Waals surface area contributed by atoms with Gasteiger partial charge in [0.2, 0.25) is 11.8 Å². The van der Waals surface area contributed by atoms with E-state index in [-0.39, 0.29) is 19.7 Å². The van der Waals surface area contributed by atoms with Gasteiger partial charge in [0.25, 0.3) is 5.91 Å². The molecule has 5 atom stereocenters. The number of aliphatic hydroxyl groups excluding tert-OH is 2. The summed E-state index contributed by atoms with van der Waals surface area (Å²) in [5.74, 6) is -1.93. The normalized spacial score (nSPS) is 23.5. The number of carbonyl (C=O) groups excluding carboxylic acids is 4. The number of aliphatic hydroxyl groups is 2. The number of rotatable bonds is 7. The van der Waals surface area contributed by atoms with Crippen LogP contribution in [0.2, 0.25) is 0 Å². The molecule has 2 heterocycles. The lowest BCUT2D eigenvalue weighted by Crippen LogP contribution is -2.76. The van der Waals surface area contributed by atoms with E-state index in [9.17, 15) is 29.4 Å². The number of β-lactam (4-membered cyclic amide) rings is 1. The molecule has 1 aromatic carbocycles. The van der Waals surface area contributed by atoms with E-state index in [2.05, 4.69) is 5.32 Å². The molecular formula is C22H30N4O7. The number of nitrogens with zero attached hydrogens (tertiary/aromatic N) is 2. The number of amides is 4. The van der Waals surface area contributed by atoms with Crippen LogP contribution in [0.15, 0.2) is 30.3 Å². The largest absolute Gasteiger partial charge is 0.445 e. The first kappa shape index (κ1) is 24.6. The van der Waals surface area contributed by atoms with Gasteiger partial charge in [-0.3, -0.25) is 19.3 Å². The average molecular weight is 463 g/mol. The first-order valence-corrected chi connectivity index (χ1v) is 10.8. The Morgan fingerprint density at radius 2 is 1.82 bits per heavy atom. The van der Waals surface area contributed by atoms with Crippen molar-refractivity contribution in [2.75, 3.05) is 13.1 Å². The third-order valence-electron chi connectivity index (χ3n) is 6.12. The molecule has 1 spiro atoms. The molecule has 11 nitrogen and oxygen atoms in total. The number of carbonyl (C=O) groups is 4. The van der Waals surface area contributed by atoms with Crippen molar-refractivity contribution in [2.45, 2.75) is 63.1 Å². The minimum Gasteiger partial charge on any atom is -0.445 e. The van der Waals surface area contributed by atoms with Gasteiger partial charge in [-0.15, -0.1) is 0 Å². The fourth-order valence-electron chi connectivity index (χ4n) is 4.16. The van der Waals surface area contributed by atoms with Crippen LogP contribution in [0.1, 0.15) is 32.3 Å². The molecule has 33 heavy (non-hydrogen) atoms. The number of nitrogens with one attached hydrogen (secondary N) is 1. The fraction of sp³-hybridized carbons (Fsp3) is 0.545. The smallest absolute Gasteiger partial charge is 0.408 e. The lowest BCUT2D eigenvalue weighted by molar-refractivity contribution is -0.175. The molecule has 2 saturated heterocycles. The number of benzene rings is 1. The topological polar surface area (TPSA) is 162 Å². The summed E-state index contributed by atoms with van der Waals surface area (Å²) in [6, 6.07) is 6.39. The number of ether oxygens (including phenoxy) is 1. The van der Waals surface area contributed by atoms with Crippen LogP contribution < -0.4 is 11.1 Å². The molecule has 5 N–H and O–H groups in total. The van der Waals surface area contributed by atoms with Crippen molar-refractivity contribution in [1.29, 1.82) is 0 Å². The van der Waals surface area contributed by atoms with Crippen LogP contribution in [0.4, 0.5) is 4.79 Å². The number of imide groups is 1. The van der Waals surface area contributed by atoms with Crippen LogP contribution in [0.5, 0.6) is 0 Å². The second-order valence-electron chi connectivity index (χ2n) is 8.55. The van der Waals surface area contributed by atoms with Gasteiger partial charge in [0.15, 0.2) is 0 Å². The SMILES string of the molecule is CC(O)C(N)C(=O)N1CC2(CCCN2C(=O)C(NC(=O)OCc2ccccc2)C(C)O)C1=O. The molecule has 5 unspecified atom stereocenters. The van der Waals surface area contributed by atoms with Gasteiger partial charge in [0.05, 0.1) is 18.8 Å². The van der Waals surface area contributed by atoms with E-state index < -0.39 is 53.6 Å². The third kappa shape index (κ3) is 4.85. The van der Waals surface area contributed by atoms with Crippen LogP contribution in [0.25, 0.3) is 0 Å². The Kier molecular flexibility index (Phi) is 7.35. The Morgan fingerprint density at radius 1 is 1.15 bits per heavy atom. The minimum atomic E-state index is -1.33. The maximum absolute atomic E-state index is 13.2.